The van der Waals surface area contributed by atoms with Crippen LogP contribution in [0.2, 0.25) is 0 Å². The van der Waals surface area contributed by atoms with Crippen LogP contribution in [0.15, 0.2) is 36.5 Å². The molecule has 2 amide bonds. The van der Waals surface area contributed by atoms with Crippen molar-refractivity contribution < 1.29 is 14.3 Å². The molecule has 0 unspecified atom stereocenters. The van der Waals surface area contributed by atoms with E-state index in [4.69, 9.17) is 4.74 Å². The van der Waals surface area contributed by atoms with E-state index < -0.39 is 0 Å². The predicted molar refractivity (Wildman–Crippen MR) is 114 cm³/mol. The summed E-state index contributed by atoms with van der Waals surface area (Å²) in [7, 11) is 0. The highest BCUT2D eigenvalue weighted by Gasteiger charge is 2.21. The summed E-state index contributed by atoms with van der Waals surface area (Å²) >= 11 is 0. The first-order valence-corrected chi connectivity index (χ1v) is 10.2. The third-order valence-corrected chi connectivity index (χ3v) is 5.15. The molecule has 6 nitrogen and oxygen atoms in total. The first kappa shape index (κ1) is 21.0. The molecule has 0 atom stereocenters. The number of amides is 2. The van der Waals surface area contributed by atoms with Crippen LogP contribution in [0.4, 0.5) is 5.69 Å². The molecular formula is C23H29N3O3. The normalized spacial score (nSPS) is 14.3. The Morgan fingerprint density at radius 2 is 1.66 bits per heavy atom. The summed E-state index contributed by atoms with van der Waals surface area (Å²) in [5.74, 6) is 0.129. The first-order chi connectivity index (χ1) is 13.9. The molecule has 0 aliphatic carbocycles. The Kier molecular flexibility index (Phi) is 6.64. The van der Waals surface area contributed by atoms with Crippen molar-refractivity contribution in [2.24, 2.45) is 0 Å². The number of pyridine rings is 1. The van der Waals surface area contributed by atoms with Crippen molar-refractivity contribution in [2.45, 2.75) is 39.5 Å². The molecule has 2 heterocycles. The SMILES string of the molecule is CC(C)c1cccc(C(C)C)c1NC(=O)c1cc(C(=O)N2CCOCC2)ccn1. The van der Waals surface area contributed by atoms with Gasteiger partial charge in [0.05, 0.1) is 13.2 Å². The van der Waals surface area contributed by atoms with Gasteiger partial charge < -0.3 is 15.0 Å². The largest absolute Gasteiger partial charge is 0.378 e. The molecule has 1 saturated heterocycles. The van der Waals surface area contributed by atoms with Crippen LogP contribution in [0.3, 0.4) is 0 Å². The lowest BCUT2D eigenvalue weighted by molar-refractivity contribution is 0.0303. The summed E-state index contributed by atoms with van der Waals surface area (Å²) in [5.41, 5.74) is 3.72. The van der Waals surface area contributed by atoms with E-state index >= 15 is 0 Å². The number of rotatable bonds is 5. The van der Waals surface area contributed by atoms with E-state index in [9.17, 15) is 9.59 Å². The van der Waals surface area contributed by atoms with Crippen molar-refractivity contribution in [3.05, 3.63) is 58.9 Å². The van der Waals surface area contributed by atoms with E-state index in [1.165, 1.54) is 6.20 Å². The minimum absolute atomic E-state index is 0.102. The quantitative estimate of drug-likeness (QED) is 0.829. The molecule has 29 heavy (non-hydrogen) atoms. The van der Waals surface area contributed by atoms with Gasteiger partial charge in [-0.3, -0.25) is 14.6 Å². The lowest BCUT2D eigenvalue weighted by atomic mass is 9.92. The van der Waals surface area contributed by atoms with E-state index in [2.05, 4.69) is 38.0 Å². The number of carbonyl (C=O) groups is 2. The highest BCUT2D eigenvalue weighted by molar-refractivity contribution is 6.05. The number of nitrogens with zero attached hydrogens (tertiary/aromatic N) is 2. The van der Waals surface area contributed by atoms with Gasteiger partial charge >= 0.3 is 0 Å². The van der Waals surface area contributed by atoms with Crippen LogP contribution in [0, 0.1) is 0 Å². The van der Waals surface area contributed by atoms with Crippen LogP contribution in [-0.4, -0.2) is 48.0 Å². The van der Waals surface area contributed by atoms with Gasteiger partial charge in [0.2, 0.25) is 0 Å². The van der Waals surface area contributed by atoms with Gasteiger partial charge in [0.15, 0.2) is 0 Å². The van der Waals surface area contributed by atoms with E-state index in [-0.39, 0.29) is 29.3 Å². The average Bonchev–Trinajstić information content (AvgIpc) is 2.73. The number of para-hydroxylation sites is 1. The van der Waals surface area contributed by atoms with Gasteiger partial charge in [-0.1, -0.05) is 45.9 Å². The Balaban J connectivity index is 1.86. The second-order valence-corrected chi connectivity index (χ2v) is 7.91. The molecule has 0 bridgehead atoms. The second-order valence-electron chi connectivity index (χ2n) is 7.91. The Hall–Kier alpha value is -2.73. The zero-order valence-corrected chi connectivity index (χ0v) is 17.6. The minimum atomic E-state index is -0.309. The predicted octanol–water partition coefficient (Wildman–Crippen LogP) is 4.05. The maximum absolute atomic E-state index is 13.0. The fraction of sp³-hybridized carbons (Fsp3) is 0.435. The summed E-state index contributed by atoms with van der Waals surface area (Å²) in [4.78, 5) is 31.7. The molecule has 1 N–H and O–H groups in total. The Morgan fingerprint density at radius 1 is 1.03 bits per heavy atom. The minimum Gasteiger partial charge on any atom is -0.378 e. The molecule has 0 spiro atoms. The van der Waals surface area contributed by atoms with Crippen molar-refractivity contribution in [1.29, 1.82) is 0 Å². The molecule has 1 fully saturated rings. The summed E-state index contributed by atoms with van der Waals surface area (Å²) in [6.07, 6.45) is 1.51. The van der Waals surface area contributed by atoms with Crippen LogP contribution < -0.4 is 5.32 Å². The third kappa shape index (κ3) is 4.82. The highest BCUT2D eigenvalue weighted by atomic mass is 16.5. The number of benzene rings is 1. The zero-order valence-electron chi connectivity index (χ0n) is 17.6. The summed E-state index contributed by atoms with van der Waals surface area (Å²) in [6.45, 7) is 10.6. The number of anilines is 1. The van der Waals surface area contributed by atoms with Gasteiger partial charge in [0.1, 0.15) is 5.69 Å². The number of hydrogen-bond donors (Lipinski definition) is 1. The topological polar surface area (TPSA) is 71.5 Å². The summed E-state index contributed by atoms with van der Waals surface area (Å²) < 4.78 is 5.30. The Morgan fingerprint density at radius 3 is 2.24 bits per heavy atom. The number of nitrogens with one attached hydrogen (secondary N) is 1. The van der Waals surface area contributed by atoms with Crippen molar-refractivity contribution >= 4 is 17.5 Å². The molecule has 3 rings (SSSR count). The lowest BCUT2D eigenvalue weighted by Gasteiger charge is -2.26. The van der Waals surface area contributed by atoms with E-state index in [1.807, 2.05) is 18.2 Å². The summed E-state index contributed by atoms with van der Waals surface area (Å²) in [6, 6.07) is 9.33. The zero-order chi connectivity index (χ0) is 21.0. The van der Waals surface area contributed by atoms with Crippen molar-refractivity contribution in [3.63, 3.8) is 0 Å². The van der Waals surface area contributed by atoms with E-state index in [1.54, 1.807) is 17.0 Å². The maximum Gasteiger partial charge on any atom is 0.274 e. The molecule has 1 aromatic heterocycles. The van der Waals surface area contributed by atoms with Crippen molar-refractivity contribution in [2.75, 3.05) is 31.6 Å². The van der Waals surface area contributed by atoms with Gasteiger partial charge in [-0.25, -0.2) is 0 Å². The molecular weight excluding hydrogens is 366 g/mol. The van der Waals surface area contributed by atoms with E-state index in [0.29, 0.717) is 31.9 Å². The molecule has 2 aromatic rings. The average molecular weight is 396 g/mol. The van der Waals surface area contributed by atoms with Gasteiger partial charge in [-0.05, 0) is 35.1 Å². The van der Waals surface area contributed by atoms with Crippen LogP contribution >= 0.6 is 0 Å². The highest BCUT2D eigenvalue weighted by Crippen LogP contribution is 2.32. The van der Waals surface area contributed by atoms with Gasteiger partial charge in [0, 0.05) is 30.5 Å². The van der Waals surface area contributed by atoms with Crippen molar-refractivity contribution in [1.82, 2.24) is 9.88 Å². The lowest BCUT2D eigenvalue weighted by Crippen LogP contribution is -2.40. The van der Waals surface area contributed by atoms with E-state index in [0.717, 1.165) is 16.8 Å². The number of morpholine rings is 1. The molecule has 0 saturated carbocycles. The molecule has 1 aliphatic rings. The first-order valence-electron chi connectivity index (χ1n) is 10.2. The summed E-state index contributed by atoms with van der Waals surface area (Å²) in [5, 5.41) is 3.06. The maximum atomic E-state index is 13.0. The van der Waals surface area contributed by atoms with Gasteiger partial charge in [-0.15, -0.1) is 0 Å². The smallest absolute Gasteiger partial charge is 0.274 e. The number of carbonyl (C=O) groups excluding carboxylic acids is 2. The van der Waals surface area contributed by atoms with Crippen LogP contribution in [0.5, 0.6) is 0 Å². The monoisotopic (exact) mass is 395 g/mol. The molecule has 154 valence electrons. The number of ether oxygens (including phenoxy) is 1. The fourth-order valence-electron chi connectivity index (χ4n) is 3.51. The number of aromatic nitrogens is 1. The van der Waals surface area contributed by atoms with Crippen LogP contribution in [0.25, 0.3) is 0 Å². The molecule has 1 aliphatic heterocycles. The Labute approximate surface area is 172 Å². The number of hydrogen-bond acceptors (Lipinski definition) is 4. The van der Waals surface area contributed by atoms with Gasteiger partial charge in [0.25, 0.3) is 11.8 Å². The van der Waals surface area contributed by atoms with Crippen molar-refractivity contribution in [3.8, 4) is 0 Å². The molecule has 0 radical (unpaired) electrons. The fourth-order valence-corrected chi connectivity index (χ4v) is 3.51. The van der Waals surface area contributed by atoms with Crippen LogP contribution in [0.1, 0.15) is 71.5 Å². The molecule has 1 aromatic carbocycles. The van der Waals surface area contributed by atoms with Crippen LogP contribution in [-0.2, 0) is 4.74 Å². The standard InChI is InChI=1S/C23H29N3O3/c1-15(2)18-6-5-7-19(16(3)4)21(18)25-22(27)20-14-17(8-9-24-20)23(28)26-10-12-29-13-11-26/h5-9,14-16H,10-13H2,1-4H3,(H,25,27). The molecule has 6 heteroatoms. The second kappa shape index (κ2) is 9.18. The van der Waals surface area contributed by atoms with Gasteiger partial charge in [-0.2, -0.15) is 0 Å². The third-order valence-electron chi connectivity index (χ3n) is 5.15. The Bertz CT molecular complexity index is 860.